The molecule has 8 nitrogen and oxygen atoms in total. The Morgan fingerprint density at radius 2 is 1.71 bits per heavy atom. The predicted octanol–water partition coefficient (Wildman–Crippen LogP) is 7.10. The zero-order valence-corrected chi connectivity index (χ0v) is 20.5. The molecular formula is C29H17N7OS. The minimum absolute atomic E-state index is 0.709. The molecule has 0 aliphatic rings. The lowest BCUT2D eigenvalue weighted by atomic mass is 9.94. The first kappa shape index (κ1) is 21.0. The molecule has 38 heavy (non-hydrogen) atoms. The van der Waals surface area contributed by atoms with Gasteiger partial charge in [-0.15, -0.1) is 16.4 Å². The van der Waals surface area contributed by atoms with Crippen molar-refractivity contribution < 1.29 is 4.42 Å². The molecule has 5 heterocycles. The molecule has 0 saturated carbocycles. The van der Waals surface area contributed by atoms with E-state index in [2.05, 4.69) is 49.9 Å². The van der Waals surface area contributed by atoms with Gasteiger partial charge >= 0.3 is 0 Å². The predicted molar refractivity (Wildman–Crippen MR) is 149 cm³/mol. The summed E-state index contributed by atoms with van der Waals surface area (Å²) in [7, 11) is 0. The van der Waals surface area contributed by atoms with Crippen LogP contribution in [0.25, 0.3) is 76.5 Å². The summed E-state index contributed by atoms with van der Waals surface area (Å²) in [4.78, 5) is 9.92. The van der Waals surface area contributed by atoms with Crippen molar-refractivity contribution in [1.82, 2.24) is 35.6 Å². The third-order valence-electron chi connectivity index (χ3n) is 6.68. The fourth-order valence-electron chi connectivity index (χ4n) is 5.00. The Morgan fingerprint density at radius 1 is 0.816 bits per heavy atom. The van der Waals surface area contributed by atoms with E-state index < -0.39 is 0 Å². The van der Waals surface area contributed by atoms with Crippen LogP contribution in [0.3, 0.4) is 0 Å². The van der Waals surface area contributed by atoms with E-state index in [4.69, 9.17) is 14.4 Å². The van der Waals surface area contributed by atoms with Crippen LogP contribution in [-0.4, -0.2) is 35.6 Å². The maximum absolute atomic E-state index is 6.43. The zero-order chi connectivity index (χ0) is 25.1. The molecule has 2 N–H and O–H groups in total. The van der Waals surface area contributed by atoms with Gasteiger partial charge in [0.15, 0.2) is 0 Å². The molecule has 0 unspecified atom stereocenters. The maximum atomic E-state index is 6.43. The highest BCUT2D eigenvalue weighted by Gasteiger charge is 2.26. The number of fused-ring (bicyclic) bond motifs is 3. The number of hydrogen-bond acceptors (Lipinski definition) is 7. The second-order valence-corrected chi connectivity index (χ2v) is 9.92. The fourth-order valence-corrected chi connectivity index (χ4v) is 6.03. The molecule has 0 bridgehead atoms. The summed E-state index contributed by atoms with van der Waals surface area (Å²) in [5, 5.41) is 22.7. The van der Waals surface area contributed by atoms with Gasteiger partial charge in [0.25, 0.3) is 0 Å². The van der Waals surface area contributed by atoms with Crippen LogP contribution in [0.15, 0.2) is 95.8 Å². The Morgan fingerprint density at radius 3 is 2.55 bits per heavy atom. The molecule has 3 aromatic carbocycles. The van der Waals surface area contributed by atoms with Crippen molar-refractivity contribution >= 4 is 43.3 Å². The van der Waals surface area contributed by atoms with E-state index in [1.165, 1.54) is 0 Å². The van der Waals surface area contributed by atoms with Crippen molar-refractivity contribution in [3.63, 3.8) is 0 Å². The van der Waals surface area contributed by atoms with Crippen LogP contribution in [0.2, 0.25) is 0 Å². The lowest BCUT2D eigenvalue weighted by Crippen LogP contribution is -1.93. The molecule has 0 amide bonds. The number of aromatic amines is 2. The molecule has 0 spiro atoms. The minimum Gasteiger partial charge on any atom is -0.456 e. The third kappa shape index (κ3) is 3.19. The number of nitrogens with zero attached hydrogens (tertiary/aromatic N) is 5. The molecule has 0 radical (unpaired) electrons. The number of rotatable bonds is 4. The number of aromatic nitrogens is 7. The van der Waals surface area contributed by atoms with E-state index >= 15 is 0 Å². The SMILES string of the molecule is c1ccc2oc(-c3c(-c4cc[nH]n4)c(-c4c[nH]nn4)cc4sc(-c5nccc6ccccc56)nc34)cc2c1. The first-order valence-electron chi connectivity index (χ1n) is 12.0. The second-order valence-electron chi connectivity index (χ2n) is 8.89. The maximum Gasteiger partial charge on any atom is 0.143 e. The topological polar surface area (TPSA) is 109 Å². The van der Waals surface area contributed by atoms with E-state index in [9.17, 15) is 0 Å². The van der Waals surface area contributed by atoms with Gasteiger partial charge in [0.1, 0.15) is 27.7 Å². The Balaban J connectivity index is 1.50. The highest BCUT2D eigenvalue weighted by Crippen LogP contribution is 2.47. The van der Waals surface area contributed by atoms with Crippen LogP contribution in [-0.2, 0) is 0 Å². The summed E-state index contributed by atoms with van der Waals surface area (Å²) in [6.07, 6.45) is 5.43. The first-order chi connectivity index (χ1) is 18.8. The van der Waals surface area contributed by atoms with E-state index in [1.54, 1.807) is 23.7 Å². The molecule has 8 rings (SSSR count). The van der Waals surface area contributed by atoms with E-state index in [-0.39, 0.29) is 0 Å². The van der Waals surface area contributed by atoms with Crippen molar-refractivity contribution in [2.75, 3.05) is 0 Å². The zero-order valence-electron chi connectivity index (χ0n) is 19.7. The molecule has 5 aromatic heterocycles. The van der Waals surface area contributed by atoms with Crippen LogP contribution in [0.5, 0.6) is 0 Å². The Bertz CT molecular complexity index is 2050. The number of benzene rings is 3. The smallest absolute Gasteiger partial charge is 0.143 e. The van der Waals surface area contributed by atoms with Crippen molar-refractivity contribution in [3.8, 4) is 44.5 Å². The Kier molecular flexibility index (Phi) is 4.52. The standard InChI is InChI=1S/C29H17N7OS/c1-3-7-18-16(5-1)9-11-30-27(18)29-33-28-24(38-29)14-19(21-15-32-36-35-21)25(20-10-12-31-34-20)26(28)23-13-17-6-2-4-8-22(17)37-23/h1-15H,(H,31,34)(H,32,35,36). The van der Waals surface area contributed by atoms with E-state index in [0.717, 1.165) is 65.0 Å². The van der Waals surface area contributed by atoms with Gasteiger partial charge in [-0.2, -0.15) is 5.10 Å². The molecule has 0 atom stereocenters. The van der Waals surface area contributed by atoms with Gasteiger partial charge < -0.3 is 4.42 Å². The van der Waals surface area contributed by atoms with Crippen molar-refractivity contribution in [2.24, 2.45) is 0 Å². The third-order valence-corrected chi connectivity index (χ3v) is 7.69. The molecule has 9 heteroatoms. The summed E-state index contributed by atoms with van der Waals surface area (Å²) in [6, 6.07) is 24.3. The summed E-state index contributed by atoms with van der Waals surface area (Å²) in [5.41, 5.74) is 6.56. The number of pyridine rings is 1. The minimum atomic E-state index is 0.709. The van der Waals surface area contributed by atoms with Gasteiger partial charge in [-0.05, 0) is 35.7 Å². The van der Waals surface area contributed by atoms with Crippen LogP contribution >= 0.6 is 11.3 Å². The van der Waals surface area contributed by atoms with Crippen LogP contribution in [0.4, 0.5) is 0 Å². The highest BCUT2D eigenvalue weighted by atomic mass is 32.1. The summed E-state index contributed by atoms with van der Waals surface area (Å²) < 4.78 is 7.41. The number of furan rings is 1. The van der Waals surface area contributed by atoms with Gasteiger partial charge in [-0.1, -0.05) is 47.7 Å². The van der Waals surface area contributed by atoms with Crippen molar-refractivity contribution in [1.29, 1.82) is 0 Å². The number of para-hydroxylation sites is 1. The van der Waals surface area contributed by atoms with E-state index in [0.29, 0.717) is 11.5 Å². The summed E-state index contributed by atoms with van der Waals surface area (Å²) in [5.74, 6) is 0.710. The quantitative estimate of drug-likeness (QED) is 0.261. The molecule has 0 saturated heterocycles. The van der Waals surface area contributed by atoms with Crippen LogP contribution in [0, 0.1) is 0 Å². The highest BCUT2D eigenvalue weighted by molar-refractivity contribution is 7.21. The van der Waals surface area contributed by atoms with Gasteiger partial charge in [0.05, 0.1) is 27.7 Å². The van der Waals surface area contributed by atoms with Gasteiger partial charge in [0.2, 0.25) is 0 Å². The summed E-state index contributed by atoms with van der Waals surface area (Å²) in [6.45, 7) is 0. The molecule has 180 valence electrons. The average Bonchev–Trinajstić information content (AvgIpc) is 3.78. The van der Waals surface area contributed by atoms with E-state index in [1.807, 2.05) is 54.7 Å². The second kappa shape index (κ2) is 8.19. The van der Waals surface area contributed by atoms with Crippen molar-refractivity contribution in [2.45, 2.75) is 0 Å². The Labute approximate surface area is 219 Å². The molecular weight excluding hydrogens is 494 g/mol. The lowest BCUT2D eigenvalue weighted by molar-refractivity contribution is 0.632. The summed E-state index contributed by atoms with van der Waals surface area (Å²) >= 11 is 1.60. The van der Waals surface area contributed by atoms with Crippen LogP contribution in [0.1, 0.15) is 0 Å². The average molecular weight is 512 g/mol. The number of thiazole rings is 1. The number of H-pyrrole nitrogens is 2. The van der Waals surface area contributed by atoms with Gasteiger partial charge in [-0.25, -0.2) is 4.98 Å². The molecule has 0 aliphatic heterocycles. The molecule has 0 fully saturated rings. The number of hydrogen-bond donors (Lipinski definition) is 2. The van der Waals surface area contributed by atoms with Gasteiger partial charge in [-0.3, -0.25) is 15.2 Å². The van der Waals surface area contributed by atoms with Gasteiger partial charge in [0, 0.05) is 34.3 Å². The first-order valence-corrected chi connectivity index (χ1v) is 12.8. The van der Waals surface area contributed by atoms with Crippen molar-refractivity contribution in [3.05, 3.63) is 91.4 Å². The monoisotopic (exact) mass is 511 g/mol. The molecule has 0 aliphatic carbocycles. The Hall–Kier alpha value is -5.15. The lowest BCUT2D eigenvalue weighted by Gasteiger charge is -2.11. The van der Waals surface area contributed by atoms with Crippen LogP contribution < -0.4 is 0 Å². The number of nitrogens with one attached hydrogen (secondary N) is 2. The molecule has 8 aromatic rings. The fraction of sp³-hybridized carbons (Fsp3) is 0. The largest absolute Gasteiger partial charge is 0.456 e. The normalized spacial score (nSPS) is 11.7.